The van der Waals surface area contributed by atoms with Gasteiger partial charge < -0.3 is 14.1 Å². The molecule has 31 heavy (non-hydrogen) atoms. The Kier molecular flexibility index (Phi) is 6.72. The van der Waals surface area contributed by atoms with Crippen LogP contribution in [0.15, 0.2) is 54.6 Å². The van der Waals surface area contributed by atoms with E-state index in [1.807, 2.05) is 54.6 Å². The van der Waals surface area contributed by atoms with Gasteiger partial charge in [-0.1, -0.05) is 63.2 Å². The molecule has 166 valence electrons. The van der Waals surface area contributed by atoms with Crippen molar-refractivity contribution in [3.8, 4) is 11.1 Å². The zero-order valence-electron chi connectivity index (χ0n) is 19.3. The van der Waals surface area contributed by atoms with Crippen LogP contribution < -0.4 is 0 Å². The minimum absolute atomic E-state index is 0.0540. The Morgan fingerprint density at radius 3 is 2.10 bits per heavy atom. The molecule has 0 N–H and O–H groups in total. The first-order chi connectivity index (χ1) is 14.5. The summed E-state index contributed by atoms with van der Waals surface area (Å²) >= 11 is 0. The largest absolute Gasteiger partial charge is 0.467 e. The van der Waals surface area contributed by atoms with Crippen molar-refractivity contribution < 1.29 is 18.8 Å². The highest BCUT2D eigenvalue weighted by Crippen LogP contribution is 2.39. The smallest absolute Gasteiger partial charge is 0.328 e. The number of likely N-dealkylation sites (tertiary alicyclic amines) is 1. The maximum atomic E-state index is 13.3. The van der Waals surface area contributed by atoms with Gasteiger partial charge in [-0.05, 0) is 41.4 Å². The van der Waals surface area contributed by atoms with E-state index < -0.39 is 20.3 Å². The fourth-order valence-electron chi connectivity index (χ4n) is 3.66. The Labute approximate surface area is 186 Å². The number of hydrogen-bond donors (Lipinski definition) is 0. The van der Waals surface area contributed by atoms with Crippen molar-refractivity contribution in [1.82, 2.24) is 4.90 Å². The summed E-state index contributed by atoms with van der Waals surface area (Å²) in [5.41, 5.74) is 2.70. The quantitative estimate of drug-likeness (QED) is 0.479. The normalized spacial score (nSPS) is 19.4. The minimum atomic E-state index is -2.02. The number of amides is 1. The summed E-state index contributed by atoms with van der Waals surface area (Å²) in [6.07, 6.45) is 0.296. The standard InChI is InChI=1S/C25H33NO4Si/c1-25(2,3)31(5,6)30-21-16-22(24(28)29-4)26(17-21)23(27)20-14-12-19(13-15-20)18-10-8-7-9-11-18/h7-15,21-22H,16-17H2,1-6H3/t21?,22-/m0/s1. The predicted octanol–water partition coefficient (Wildman–Crippen LogP) is 5.13. The van der Waals surface area contributed by atoms with Gasteiger partial charge in [-0.2, -0.15) is 0 Å². The van der Waals surface area contributed by atoms with E-state index in [0.717, 1.165) is 11.1 Å². The topological polar surface area (TPSA) is 55.8 Å². The summed E-state index contributed by atoms with van der Waals surface area (Å²) in [4.78, 5) is 27.4. The zero-order chi connectivity index (χ0) is 22.8. The lowest BCUT2D eigenvalue weighted by Gasteiger charge is -2.38. The first kappa shape index (κ1) is 23.2. The summed E-state index contributed by atoms with van der Waals surface area (Å²) in [5.74, 6) is -0.563. The van der Waals surface area contributed by atoms with E-state index in [-0.39, 0.29) is 17.0 Å². The Balaban J connectivity index is 1.80. The molecule has 2 aromatic carbocycles. The molecule has 0 aromatic heterocycles. The SMILES string of the molecule is COC(=O)[C@@H]1CC(O[Si](C)(C)C(C)(C)C)CN1C(=O)c1ccc(-c2ccccc2)cc1. The van der Waals surface area contributed by atoms with Crippen LogP contribution in [0.1, 0.15) is 37.6 Å². The highest BCUT2D eigenvalue weighted by Gasteiger charge is 2.46. The van der Waals surface area contributed by atoms with E-state index in [9.17, 15) is 9.59 Å². The van der Waals surface area contributed by atoms with Crippen molar-refractivity contribution >= 4 is 20.2 Å². The molecule has 1 fully saturated rings. The molecule has 1 heterocycles. The Morgan fingerprint density at radius 2 is 1.55 bits per heavy atom. The van der Waals surface area contributed by atoms with E-state index >= 15 is 0 Å². The van der Waals surface area contributed by atoms with Crippen molar-refractivity contribution in [1.29, 1.82) is 0 Å². The number of esters is 1. The lowest BCUT2D eigenvalue weighted by Crippen LogP contribution is -2.45. The second kappa shape index (κ2) is 8.97. The van der Waals surface area contributed by atoms with Gasteiger partial charge in [0.05, 0.1) is 13.2 Å². The lowest BCUT2D eigenvalue weighted by atomic mass is 10.0. The maximum absolute atomic E-state index is 13.3. The van der Waals surface area contributed by atoms with Crippen molar-refractivity contribution in [2.24, 2.45) is 0 Å². The van der Waals surface area contributed by atoms with Crippen LogP contribution in [0.5, 0.6) is 0 Å². The molecule has 1 unspecified atom stereocenters. The van der Waals surface area contributed by atoms with Crippen molar-refractivity contribution in [2.75, 3.05) is 13.7 Å². The van der Waals surface area contributed by atoms with Crippen LogP contribution in [0.25, 0.3) is 11.1 Å². The second-order valence-corrected chi connectivity index (χ2v) is 14.4. The van der Waals surface area contributed by atoms with Gasteiger partial charge in [-0.3, -0.25) is 4.79 Å². The third kappa shape index (κ3) is 5.07. The number of ether oxygens (including phenoxy) is 1. The highest BCUT2D eigenvalue weighted by molar-refractivity contribution is 6.74. The first-order valence-electron chi connectivity index (χ1n) is 10.8. The molecule has 0 saturated carbocycles. The number of carbonyl (C=O) groups is 2. The van der Waals surface area contributed by atoms with Gasteiger partial charge in [0, 0.05) is 18.5 Å². The van der Waals surface area contributed by atoms with E-state index in [1.54, 1.807) is 4.90 Å². The van der Waals surface area contributed by atoms with Crippen molar-refractivity contribution in [3.63, 3.8) is 0 Å². The summed E-state index contributed by atoms with van der Waals surface area (Å²) in [6.45, 7) is 11.3. The molecular weight excluding hydrogens is 406 g/mol. The fraction of sp³-hybridized carbons (Fsp3) is 0.440. The van der Waals surface area contributed by atoms with Gasteiger partial charge in [0.1, 0.15) is 6.04 Å². The monoisotopic (exact) mass is 439 g/mol. The Morgan fingerprint density at radius 1 is 0.968 bits per heavy atom. The molecule has 3 rings (SSSR count). The van der Waals surface area contributed by atoms with Crippen LogP contribution in [0, 0.1) is 0 Å². The fourth-order valence-corrected chi connectivity index (χ4v) is 5.02. The molecule has 1 aliphatic rings. The molecule has 1 saturated heterocycles. The molecule has 0 aliphatic carbocycles. The summed E-state index contributed by atoms with van der Waals surface area (Å²) in [7, 11) is -0.660. The molecule has 0 radical (unpaired) electrons. The van der Waals surface area contributed by atoms with Crippen LogP contribution in [0.3, 0.4) is 0 Å². The van der Waals surface area contributed by atoms with Gasteiger partial charge in [0.25, 0.3) is 5.91 Å². The number of benzene rings is 2. The third-order valence-corrected chi connectivity index (χ3v) is 11.0. The second-order valence-electron chi connectivity index (χ2n) is 9.68. The van der Waals surface area contributed by atoms with Gasteiger partial charge in [-0.25, -0.2) is 4.79 Å². The van der Waals surface area contributed by atoms with E-state index in [0.29, 0.717) is 18.5 Å². The van der Waals surface area contributed by atoms with Gasteiger partial charge in [0.15, 0.2) is 8.32 Å². The molecule has 2 aromatic rings. The van der Waals surface area contributed by atoms with Crippen LogP contribution in [-0.2, 0) is 14.0 Å². The molecule has 6 heteroatoms. The Hall–Kier alpha value is -2.44. The van der Waals surface area contributed by atoms with Crippen LogP contribution >= 0.6 is 0 Å². The number of hydrogen-bond acceptors (Lipinski definition) is 4. The molecule has 1 amide bonds. The average Bonchev–Trinajstić information content (AvgIpc) is 3.15. The summed E-state index contributed by atoms with van der Waals surface area (Å²) in [6, 6.07) is 16.9. The molecule has 2 atom stereocenters. The van der Waals surface area contributed by atoms with Crippen molar-refractivity contribution in [2.45, 2.75) is 57.5 Å². The zero-order valence-corrected chi connectivity index (χ0v) is 20.3. The highest BCUT2D eigenvalue weighted by atomic mass is 28.4. The molecular formula is C25H33NO4Si. The summed E-state index contributed by atoms with van der Waals surface area (Å²) < 4.78 is 11.5. The number of methoxy groups -OCH3 is 1. The summed E-state index contributed by atoms with van der Waals surface area (Å²) in [5, 5.41) is 0.0540. The molecule has 1 aliphatic heterocycles. The molecule has 5 nitrogen and oxygen atoms in total. The Bertz CT molecular complexity index is 919. The number of carbonyl (C=O) groups excluding carboxylic acids is 2. The number of rotatable bonds is 5. The number of nitrogens with zero attached hydrogens (tertiary/aromatic N) is 1. The van der Waals surface area contributed by atoms with Crippen LogP contribution in [0.2, 0.25) is 18.1 Å². The van der Waals surface area contributed by atoms with Gasteiger partial charge >= 0.3 is 5.97 Å². The third-order valence-electron chi connectivity index (χ3n) is 6.50. The average molecular weight is 440 g/mol. The van der Waals surface area contributed by atoms with E-state index in [1.165, 1.54) is 7.11 Å². The van der Waals surface area contributed by atoms with Crippen LogP contribution in [-0.4, -0.2) is 50.9 Å². The minimum Gasteiger partial charge on any atom is -0.467 e. The van der Waals surface area contributed by atoms with E-state index in [4.69, 9.17) is 9.16 Å². The van der Waals surface area contributed by atoms with Gasteiger partial charge in [-0.15, -0.1) is 0 Å². The van der Waals surface area contributed by atoms with Crippen LogP contribution in [0.4, 0.5) is 0 Å². The van der Waals surface area contributed by atoms with Crippen molar-refractivity contribution in [3.05, 3.63) is 60.2 Å². The lowest BCUT2D eigenvalue weighted by molar-refractivity contribution is -0.145. The van der Waals surface area contributed by atoms with E-state index in [2.05, 4.69) is 33.9 Å². The van der Waals surface area contributed by atoms with Gasteiger partial charge in [0.2, 0.25) is 0 Å². The molecule has 0 spiro atoms. The maximum Gasteiger partial charge on any atom is 0.328 e. The first-order valence-corrected chi connectivity index (χ1v) is 13.7. The predicted molar refractivity (Wildman–Crippen MR) is 125 cm³/mol. The molecule has 0 bridgehead atoms.